The molecule has 0 aliphatic heterocycles. The van der Waals surface area contributed by atoms with Crippen LogP contribution in [-0.4, -0.2) is 29.5 Å². The van der Waals surface area contributed by atoms with Crippen molar-refractivity contribution >= 4 is 17.7 Å². The standard InChI is InChI=1S/C15H30N2OS/c1-4-19-14-7-5-6-13(14)17-15(18)9-12(10-16)8-11(2)3/h11-14H,4-10,16H2,1-3H3,(H,17,18)/t12-,13?,14?/m0/s1. The third-order valence-corrected chi connectivity index (χ3v) is 5.12. The second kappa shape index (κ2) is 8.85. The molecule has 1 fully saturated rings. The summed E-state index contributed by atoms with van der Waals surface area (Å²) in [4.78, 5) is 12.1. The summed E-state index contributed by atoms with van der Waals surface area (Å²) in [6.07, 6.45) is 5.27. The maximum atomic E-state index is 12.1. The topological polar surface area (TPSA) is 55.1 Å². The molecule has 1 rings (SSSR count). The predicted molar refractivity (Wildman–Crippen MR) is 84.3 cm³/mol. The molecule has 0 heterocycles. The largest absolute Gasteiger partial charge is 0.352 e. The highest BCUT2D eigenvalue weighted by Gasteiger charge is 2.28. The van der Waals surface area contributed by atoms with Crippen LogP contribution in [0, 0.1) is 11.8 Å². The molecule has 0 aromatic heterocycles. The van der Waals surface area contributed by atoms with Crippen LogP contribution < -0.4 is 11.1 Å². The molecule has 4 heteroatoms. The van der Waals surface area contributed by atoms with E-state index in [1.807, 2.05) is 11.8 Å². The summed E-state index contributed by atoms with van der Waals surface area (Å²) in [5.41, 5.74) is 5.77. The fourth-order valence-electron chi connectivity index (χ4n) is 2.96. The fraction of sp³-hybridized carbons (Fsp3) is 0.933. The summed E-state index contributed by atoms with van der Waals surface area (Å²) in [5, 5.41) is 3.86. The van der Waals surface area contributed by atoms with E-state index in [1.54, 1.807) is 0 Å². The molecule has 0 spiro atoms. The second-order valence-corrected chi connectivity index (χ2v) is 7.55. The molecule has 1 aliphatic carbocycles. The third kappa shape index (κ3) is 6.17. The van der Waals surface area contributed by atoms with Gasteiger partial charge in [-0.1, -0.05) is 27.2 Å². The Balaban J connectivity index is 2.36. The Hall–Kier alpha value is -0.220. The first-order valence-electron chi connectivity index (χ1n) is 7.67. The van der Waals surface area contributed by atoms with E-state index in [-0.39, 0.29) is 5.91 Å². The van der Waals surface area contributed by atoms with Crippen molar-refractivity contribution in [3.05, 3.63) is 0 Å². The van der Waals surface area contributed by atoms with Gasteiger partial charge in [0.1, 0.15) is 0 Å². The van der Waals surface area contributed by atoms with E-state index in [2.05, 4.69) is 26.1 Å². The zero-order valence-corrected chi connectivity index (χ0v) is 13.5. The SMILES string of the molecule is CCSC1CCCC1NC(=O)C[C@@H](CN)CC(C)C. The molecule has 0 radical (unpaired) electrons. The van der Waals surface area contributed by atoms with Crippen molar-refractivity contribution in [1.29, 1.82) is 0 Å². The highest BCUT2D eigenvalue weighted by atomic mass is 32.2. The number of carbonyl (C=O) groups excluding carboxylic acids is 1. The van der Waals surface area contributed by atoms with Crippen LogP contribution in [0.15, 0.2) is 0 Å². The molecule has 3 nitrogen and oxygen atoms in total. The van der Waals surface area contributed by atoms with Crippen molar-refractivity contribution in [3.8, 4) is 0 Å². The number of carbonyl (C=O) groups is 1. The zero-order chi connectivity index (χ0) is 14.3. The van der Waals surface area contributed by atoms with Gasteiger partial charge < -0.3 is 11.1 Å². The van der Waals surface area contributed by atoms with E-state index in [1.165, 1.54) is 12.8 Å². The maximum absolute atomic E-state index is 12.1. The minimum absolute atomic E-state index is 0.199. The molecule has 2 unspecified atom stereocenters. The normalized spacial score (nSPS) is 24.7. The summed E-state index contributed by atoms with van der Waals surface area (Å²) in [6.45, 7) is 7.18. The van der Waals surface area contributed by atoms with Crippen LogP contribution in [-0.2, 0) is 4.79 Å². The maximum Gasteiger partial charge on any atom is 0.220 e. The molecule has 1 aliphatic rings. The summed E-state index contributed by atoms with van der Waals surface area (Å²) >= 11 is 1.98. The van der Waals surface area contributed by atoms with Gasteiger partial charge in [0.25, 0.3) is 0 Å². The van der Waals surface area contributed by atoms with E-state index >= 15 is 0 Å². The lowest BCUT2D eigenvalue weighted by Gasteiger charge is -2.22. The first-order valence-corrected chi connectivity index (χ1v) is 8.72. The Bertz CT molecular complexity index is 271. The molecule has 1 amide bonds. The Morgan fingerprint density at radius 2 is 2.16 bits per heavy atom. The molecule has 3 atom stereocenters. The van der Waals surface area contributed by atoms with Crippen LogP contribution in [0.2, 0.25) is 0 Å². The van der Waals surface area contributed by atoms with Gasteiger partial charge in [-0.2, -0.15) is 11.8 Å². The quantitative estimate of drug-likeness (QED) is 0.721. The second-order valence-electron chi connectivity index (χ2n) is 6.03. The van der Waals surface area contributed by atoms with Crippen molar-refractivity contribution in [2.45, 2.75) is 64.2 Å². The van der Waals surface area contributed by atoms with Gasteiger partial charge in [-0.25, -0.2) is 0 Å². The smallest absolute Gasteiger partial charge is 0.220 e. The van der Waals surface area contributed by atoms with Crippen LogP contribution in [0.5, 0.6) is 0 Å². The molecule has 0 saturated heterocycles. The molecule has 19 heavy (non-hydrogen) atoms. The van der Waals surface area contributed by atoms with Gasteiger partial charge in [0, 0.05) is 17.7 Å². The van der Waals surface area contributed by atoms with Crippen molar-refractivity contribution in [1.82, 2.24) is 5.32 Å². The van der Waals surface area contributed by atoms with Crippen molar-refractivity contribution in [3.63, 3.8) is 0 Å². The van der Waals surface area contributed by atoms with Crippen LogP contribution >= 0.6 is 11.8 Å². The number of hydrogen-bond donors (Lipinski definition) is 2. The minimum atomic E-state index is 0.199. The average Bonchev–Trinajstić information content (AvgIpc) is 2.75. The van der Waals surface area contributed by atoms with Crippen molar-refractivity contribution < 1.29 is 4.79 Å². The zero-order valence-electron chi connectivity index (χ0n) is 12.7. The molecule has 0 aromatic carbocycles. The molecule has 0 aromatic rings. The number of rotatable bonds is 8. The minimum Gasteiger partial charge on any atom is -0.352 e. The lowest BCUT2D eigenvalue weighted by molar-refractivity contribution is -0.122. The third-order valence-electron chi connectivity index (χ3n) is 3.79. The van der Waals surface area contributed by atoms with Gasteiger partial charge in [-0.15, -0.1) is 0 Å². The fourth-order valence-corrected chi connectivity index (χ4v) is 4.16. The Morgan fingerprint density at radius 1 is 1.42 bits per heavy atom. The number of hydrogen-bond acceptors (Lipinski definition) is 3. The van der Waals surface area contributed by atoms with Gasteiger partial charge in [0.15, 0.2) is 0 Å². The lowest BCUT2D eigenvalue weighted by atomic mass is 9.94. The first kappa shape index (κ1) is 16.8. The average molecular weight is 286 g/mol. The Morgan fingerprint density at radius 3 is 2.74 bits per heavy atom. The predicted octanol–water partition coefficient (Wildman–Crippen LogP) is 2.79. The molecule has 0 bridgehead atoms. The highest BCUT2D eigenvalue weighted by molar-refractivity contribution is 7.99. The molecule has 1 saturated carbocycles. The Kier molecular flexibility index (Phi) is 7.84. The lowest BCUT2D eigenvalue weighted by Crippen LogP contribution is -2.40. The Labute approximate surface area is 122 Å². The van der Waals surface area contributed by atoms with Crippen molar-refractivity contribution in [2.24, 2.45) is 17.6 Å². The van der Waals surface area contributed by atoms with Gasteiger partial charge in [0.2, 0.25) is 5.91 Å². The monoisotopic (exact) mass is 286 g/mol. The summed E-state index contributed by atoms with van der Waals surface area (Å²) in [6, 6.07) is 0.384. The molecule has 3 N–H and O–H groups in total. The highest BCUT2D eigenvalue weighted by Crippen LogP contribution is 2.30. The van der Waals surface area contributed by atoms with E-state index in [0.717, 1.165) is 18.6 Å². The van der Waals surface area contributed by atoms with Crippen LogP contribution in [0.25, 0.3) is 0 Å². The van der Waals surface area contributed by atoms with Crippen LogP contribution in [0.3, 0.4) is 0 Å². The summed E-state index contributed by atoms with van der Waals surface area (Å²) < 4.78 is 0. The van der Waals surface area contributed by atoms with Gasteiger partial charge >= 0.3 is 0 Å². The summed E-state index contributed by atoms with van der Waals surface area (Å²) in [5.74, 6) is 2.27. The number of nitrogens with one attached hydrogen (secondary N) is 1. The number of amides is 1. The summed E-state index contributed by atoms with van der Waals surface area (Å²) in [7, 11) is 0. The van der Waals surface area contributed by atoms with E-state index in [4.69, 9.17) is 5.73 Å². The first-order chi connectivity index (χ1) is 9.06. The van der Waals surface area contributed by atoms with Crippen LogP contribution in [0.4, 0.5) is 0 Å². The molecular weight excluding hydrogens is 256 g/mol. The van der Waals surface area contributed by atoms with E-state index in [0.29, 0.717) is 36.1 Å². The van der Waals surface area contributed by atoms with Gasteiger partial charge in [-0.3, -0.25) is 4.79 Å². The van der Waals surface area contributed by atoms with E-state index < -0.39 is 0 Å². The molecular formula is C15H30N2OS. The van der Waals surface area contributed by atoms with E-state index in [9.17, 15) is 4.79 Å². The van der Waals surface area contributed by atoms with Crippen LogP contribution in [0.1, 0.15) is 52.9 Å². The number of nitrogens with two attached hydrogens (primary N) is 1. The molecule has 112 valence electrons. The van der Waals surface area contributed by atoms with Gasteiger partial charge in [0.05, 0.1) is 0 Å². The van der Waals surface area contributed by atoms with Crippen molar-refractivity contribution in [2.75, 3.05) is 12.3 Å². The number of thioether (sulfide) groups is 1. The van der Waals surface area contributed by atoms with Gasteiger partial charge in [-0.05, 0) is 43.4 Å².